The first-order valence-electron chi connectivity index (χ1n) is 8.77. The molecule has 0 aromatic heterocycles. The normalized spacial score (nSPS) is 15.0. The zero-order chi connectivity index (χ0) is 17.8. The van der Waals surface area contributed by atoms with E-state index in [0.29, 0.717) is 6.04 Å². The number of amides is 1. The van der Waals surface area contributed by atoms with Crippen LogP contribution in [0.5, 0.6) is 0 Å². The van der Waals surface area contributed by atoms with Crippen LogP contribution in [0.3, 0.4) is 0 Å². The molecule has 1 aliphatic heterocycles. The van der Waals surface area contributed by atoms with E-state index in [9.17, 15) is 4.79 Å². The Hall–Kier alpha value is -2.69. The summed E-state index contributed by atoms with van der Waals surface area (Å²) in [6.45, 7) is 5.51. The molecule has 1 saturated heterocycles. The van der Waals surface area contributed by atoms with Gasteiger partial charge in [0.15, 0.2) is 0 Å². The molecule has 0 bridgehead atoms. The quantitative estimate of drug-likeness (QED) is 0.745. The second kappa shape index (κ2) is 7.47. The molecule has 0 atom stereocenters. The van der Waals surface area contributed by atoms with Crippen molar-refractivity contribution >= 4 is 28.7 Å². The molecule has 1 aliphatic rings. The zero-order valence-electron chi connectivity index (χ0n) is 14.9. The van der Waals surface area contributed by atoms with Gasteiger partial charge in [-0.1, -0.05) is 18.2 Å². The Balaban J connectivity index is 1.67. The van der Waals surface area contributed by atoms with Crippen molar-refractivity contribution in [3.8, 4) is 0 Å². The number of anilines is 4. The van der Waals surface area contributed by atoms with Crippen molar-refractivity contribution < 1.29 is 4.79 Å². The number of hydrogen-bond donors (Lipinski definition) is 3. The Morgan fingerprint density at radius 1 is 1.12 bits per heavy atom. The van der Waals surface area contributed by atoms with Crippen LogP contribution in [0.1, 0.15) is 25.3 Å². The molecule has 25 heavy (non-hydrogen) atoms. The number of carbonyl (C=O) groups excluding carboxylic acids is 1. The van der Waals surface area contributed by atoms with Crippen molar-refractivity contribution in [3.05, 3.63) is 48.0 Å². The highest BCUT2D eigenvalue weighted by Gasteiger charge is 2.21. The third-order valence-corrected chi connectivity index (χ3v) is 4.62. The average Bonchev–Trinajstić information content (AvgIpc) is 2.59. The van der Waals surface area contributed by atoms with Gasteiger partial charge in [0.2, 0.25) is 5.91 Å². The summed E-state index contributed by atoms with van der Waals surface area (Å²) in [5.41, 5.74) is 11.0. The highest BCUT2D eigenvalue weighted by atomic mass is 16.1. The second-order valence-corrected chi connectivity index (χ2v) is 6.69. The minimum Gasteiger partial charge on any atom is -0.397 e. The van der Waals surface area contributed by atoms with Gasteiger partial charge in [0.25, 0.3) is 0 Å². The molecule has 5 nitrogen and oxygen atoms in total. The fraction of sp³-hybridized carbons (Fsp3) is 0.350. The Labute approximate surface area is 149 Å². The van der Waals surface area contributed by atoms with E-state index in [4.69, 9.17) is 5.73 Å². The molecule has 0 radical (unpaired) electrons. The van der Waals surface area contributed by atoms with Gasteiger partial charge in [-0.2, -0.15) is 0 Å². The molecule has 5 heteroatoms. The van der Waals surface area contributed by atoms with E-state index >= 15 is 0 Å². The maximum Gasteiger partial charge on any atom is 0.221 e. The van der Waals surface area contributed by atoms with Gasteiger partial charge in [-0.3, -0.25) is 4.79 Å². The molecule has 4 N–H and O–H groups in total. The lowest BCUT2D eigenvalue weighted by Crippen LogP contribution is -2.39. The molecule has 3 rings (SSSR count). The van der Waals surface area contributed by atoms with E-state index in [0.717, 1.165) is 48.7 Å². The van der Waals surface area contributed by atoms with Gasteiger partial charge in [-0.15, -0.1) is 0 Å². The number of nitrogens with two attached hydrogens (primary N) is 1. The fourth-order valence-corrected chi connectivity index (χ4v) is 3.31. The molecule has 0 aliphatic carbocycles. The predicted molar refractivity (Wildman–Crippen MR) is 105 cm³/mol. The number of piperidine rings is 1. The van der Waals surface area contributed by atoms with Crippen LogP contribution in [0.4, 0.5) is 22.7 Å². The highest BCUT2D eigenvalue weighted by Crippen LogP contribution is 2.30. The largest absolute Gasteiger partial charge is 0.397 e. The molecule has 1 amide bonds. The third kappa shape index (κ3) is 4.24. The number of hydrogen-bond acceptors (Lipinski definition) is 4. The monoisotopic (exact) mass is 338 g/mol. The number of benzene rings is 2. The summed E-state index contributed by atoms with van der Waals surface area (Å²) in [6.07, 6.45) is 2.06. The van der Waals surface area contributed by atoms with Crippen molar-refractivity contribution in [2.45, 2.75) is 32.7 Å². The Morgan fingerprint density at radius 2 is 1.84 bits per heavy atom. The number of aryl methyl sites for hydroxylation is 1. The summed E-state index contributed by atoms with van der Waals surface area (Å²) in [5.74, 6) is -0.0405. The van der Waals surface area contributed by atoms with Crippen molar-refractivity contribution in [2.24, 2.45) is 0 Å². The number of carbonyl (C=O) groups is 1. The molecule has 1 fully saturated rings. The molecule has 0 saturated carbocycles. The Bertz CT molecular complexity index is 751. The summed E-state index contributed by atoms with van der Waals surface area (Å²) in [7, 11) is 0. The Kier molecular flexibility index (Phi) is 5.12. The van der Waals surface area contributed by atoms with Crippen LogP contribution in [0.2, 0.25) is 0 Å². The van der Waals surface area contributed by atoms with E-state index < -0.39 is 0 Å². The third-order valence-electron chi connectivity index (χ3n) is 4.62. The SMILES string of the molecule is CC(=O)Nc1ccc(C)cc1N1CCC(Nc2ccccc2N)CC1. The van der Waals surface area contributed by atoms with Gasteiger partial charge in [-0.05, 0) is 49.6 Å². The van der Waals surface area contributed by atoms with Crippen LogP contribution in [0.15, 0.2) is 42.5 Å². The minimum absolute atomic E-state index is 0.0405. The molecule has 0 unspecified atom stereocenters. The lowest BCUT2D eigenvalue weighted by Gasteiger charge is -2.35. The predicted octanol–water partition coefficient (Wildman–Crippen LogP) is 3.62. The molecule has 2 aromatic carbocycles. The van der Waals surface area contributed by atoms with Crippen LogP contribution in [0.25, 0.3) is 0 Å². The van der Waals surface area contributed by atoms with E-state index in [2.05, 4.69) is 28.5 Å². The van der Waals surface area contributed by atoms with Crippen LogP contribution < -0.4 is 21.3 Å². The number of para-hydroxylation sites is 2. The van der Waals surface area contributed by atoms with Crippen molar-refractivity contribution in [2.75, 3.05) is 34.4 Å². The number of nitrogen functional groups attached to an aromatic ring is 1. The van der Waals surface area contributed by atoms with Gasteiger partial charge in [0.05, 0.1) is 22.7 Å². The van der Waals surface area contributed by atoms with Crippen molar-refractivity contribution in [1.29, 1.82) is 0 Å². The van der Waals surface area contributed by atoms with Crippen LogP contribution in [0, 0.1) is 6.92 Å². The number of nitrogens with one attached hydrogen (secondary N) is 2. The van der Waals surface area contributed by atoms with Gasteiger partial charge in [0.1, 0.15) is 0 Å². The summed E-state index contributed by atoms with van der Waals surface area (Å²) < 4.78 is 0. The summed E-state index contributed by atoms with van der Waals surface area (Å²) in [5, 5.41) is 6.50. The standard InChI is InChI=1S/C20H26N4O/c1-14-7-8-19(22-15(2)25)20(13-14)24-11-9-16(10-12-24)23-18-6-4-3-5-17(18)21/h3-8,13,16,23H,9-12,21H2,1-2H3,(H,22,25). The van der Waals surface area contributed by atoms with Crippen molar-refractivity contribution in [3.63, 3.8) is 0 Å². The zero-order valence-corrected chi connectivity index (χ0v) is 14.9. The molecule has 1 heterocycles. The van der Waals surface area contributed by atoms with Gasteiger partial charge in [0, 0.05) is 26.1 Å². The smallest absolute Gasteiger partial charge is 0.221 e. The van der Waals surface area contributed by atoms with Gasteiger partial charge >= 0.3 is 0 Å². The van der Waals surface area contributed by atoms with Crippen LogP contribution in [-0.2, 0) is 4.79 Å². The molecule has 2 aromatic rings. The van der Waals surface area contributed by atoms with Gasteiger partial charge < -0.3 is 21.3 Å². The van der Waals surface area contributed by atoms with E-state index in [-0.39, 0.29) is 5.91 Å². The molecule has 0 spiro atoms. The van der Waals surface area contributed by atoms with Crippen LogP contribution in [-0.4, -0.2) is 25.0 Å². The summed E-state index contributed by atoms with van der Waals surface area (Å²) >= 11 is 0. The number of nitrogens with zero attached hydrogens (tertiary/aromatic N) is 1. The maximum atomic E-state index is 11.5. The van der Waals surface area contributed by atoms with Gasteiger partial charge in [-0.25, -0.2) is 0 Å². The summed E-state index contributed by atoms with van der Waals surface area (Å²) in [6, 6.07) is 14.5. The van der Waals surface area contributed by atoms with Crippen LogP contribution >= 0.6 is 0 Å². The molecular weight excluding hydrogens is 312 g/mol. The first kappa shape index (κ1) is 17.1. The average molecular weight is 338 g/mol. The lowest BCUT2D eigenvalue weighted by atomic mass is 10.0. The van der Waals surface area contributed by atoms with E-state index in [1.165, 1.54) is 5.56 Å². The highest BCUT2D eigenvalue weighted by molar-refractivity contribution is 5.93. The first-order valence-corrected chi connectivity index (χ1v) is 8.77. The minimum atomic E-state index is -0.0405. The second-order valence-electron chi connectivity index (χ2n) is 6.69. The number of rotatable bonds is 4. The first-order chi connectivity index (χ1) is 12.0. The summed E-state index contributed by atoms with van der Waals surface area (Å²) in [4.78, 5) is 13.8. The lowest BCUT2D eigenvalue weighted by molar-refractivity contribution is -0.114. The maximum absolute atomic E-state index is 11.5. The molecule has 132 valence electrons. The van der Waals surface area contributed by atoms with Crippen molar-refractivity contribution in [1.82, 2.24) is 0 Å². The van der Waals surface area contributed by atoms with E-state index in [1.807, 2.05) is 36.4 Å². The fourth-order valence-electron chi connectivity index (χ4n) is 3.31. The Morgan fingerprint density at radius 3 is 2.52 bits per heavy atom. The van der Waals surface area contributed by atoms with E-state index in [1.54, 1.807) is 6.92 Å². The molecular formula is C20H26N4O. The topological polar surface area (TPSA) is 70.4 Å².